The minimum atomic E-state index is -0.978. The Morgan fingerprint density at radius 1 is 1.09 bits per heavy atom. The first-order valence-corrected chi connectivity index (χ1v) is 16.3. The van der Waals surface area contributed by atoms with Crippen LogP contribution in [-0.4, -0.2) is 123 Å². The Morgan fingerprint density at radius 2 is 1.87 bits per heavy atom. The van der Waals surface area contributed by atoms with E-state index in [9.17, 15) is 24.3 Å². The highest BCUT2D eigenvalue weighted by atomic mass is 32.2. The van der Waals surface area contributed by atoms with Crippen molar-refractivity contribution in [3.05, 3.63) is 23.2 Å². The van der Waals surface area contributed by atoms with Crippen molar-refractivity contribution in [2.45, 2.75) is 31.2 Å². The van der Waals surface area contributed by atoms with Crippen LogP contribution in [0.5, 0.6) is 0 Å². The Morgan fingerprint density at radius 3 is 2.61 bits per heavy atom. The Hall–Kier alpha value is -3.27. The summed E-state index contributed by atoms with van der Waals surface area (Å²) >= 11 is 2.68. The van der Waals surface area contributed by atoms with Crippen molar-refractivity contribution in [1.29, 1.82) is 0 Å². The van der Waals surface area contributed by atoms with Gasteiger partial charge in [0, 0.05) is 18.6 Å². The summed E-state index contributed by atoms with van der Waals surface area (Å²) in [6.45, 7) is 1.86. The number of thioether (sulfide) groups is 1. The summed E-state index contributed by atoms with van der Waals surface area (Å²) in [5, 5.41) is 24.1. The van der Waals surface area contributed by atoms with Gasteiger partial charge < -0.3 is 46.7 Å². The van der Waals surface area contributed by atoms with E-state index in [-0.39, 0.29) is 26.2 Å². The number of carboxylic acid groups (broad SMARTS) is 1. The standard InChI is InChI=1S/C27H41N9O8S2/c1-42-7-8-43-9-10-44-15-30-12-21(37)32-13-22(38)34-18(3-2-6-31-27(28)29)23(39)33-16-4-5-17-20(11-16)46-25(35-17)24-36-19(14-45-24)26(40)41/h4-5,11,18-19,27,30-31H,2-3,6-10,12-15,28-29H2,1H3,(H,32,37)(H,33,39)(H,34,38)(H,40,41)/t18-,19+/m0/s1. The van der Waals surface area contributed by atoms with Crippen molar-refractivity contribution < 1.29 is 38.5 Å². The Kier molecular flexibility index (Phi) is 16.2. The molecule has 19 heteroatoms. The molecule has 2 aromatic rings. The molecule has 3 rings (SSSR count). The minimum absolute atomic E-state index is 0.0688. The van der Waals surface area contributed by atoms with Gasteiger partial charge in [-0.15, -0.1) is 23.1 Å². The number of aromatic nitrogens is 1. The maximum absolute atomic E-state index is 13.3. The number of aliphatic imine (C=N–C) groups is 1. The van der Waals surface area contributed by atoms with Crippen LogP contribution in [0.4, 0.5) is 5.69 Å². The zero-order valence-corrected chi connectivity index (χ0v) is 27.0. The SMILES string of the molecule is COCCOCCOCNCC(=O)NCC(=O)N[C@@H](CCCNC(N)N)C(=O)Nc1ccc2nc(C3=N[C@@H](C(=O)O)CS3)sc2c1. The first-order chi connectivity index (χ1) is 22.2. The van der Waals surface area contributed by atoms with Crippen LogP contribution in [0.25, 0.3) is 10.2 Å². The zero-order chi connectivity index (χ0) is 33.3. The normalized spacial score (nSPS) is 15.1. The molecule has 2 heterocycles. The highest BCUT2D eigenvalue weighted by molar-refractivity contribution is 8.15. The maximum atomic E-state index is 13.3. The quantitative estimate of drug-likeness (QED) is 0.0524. The number of hydrogen-bond donors (Lipinski definition) is 8. The molecular weight excluding hydrogens is 642 g/mol. The Bertz CT molecular complexity index is 1340. The van der Waals surface area contributed by atoms with E-state index in [4.69, 9.17) is 25.7 Å². The number of benzene rings is 1. The second-order valence-corrected chi connectivity index (χ2v) is 11.9. The first-order valence-electron chi connectivity index (χ1n) is 14.5. The van der Waals surface area contributed by atoms with E-state index >= 15 is 0 Å². The third-order valence-corrected chi connectivity index (χ3v) is 8.42. The molecule has 1 aromatic heterocycles. The highest BCUT2D eigenvalue weighted by Gasteiger charge is 2.27. The number of anilines is 1. The van der Waals surface area contributed by atoms with E-state index in [0.717, 1.165) is 4.70 Å². The Labute approximate surface area is 273 Å². The molecule has 1 aromatic carbocycles. The third kappa shape index (κ3) is 13.2. The van der Waals surface area contributed by atoms with E-state index in [2.05, 4.69) is 36.6 Å². The van der Waals surface area contributed by atoms with Gasteiger partial charge in [-0.3, -0.25) is 30.0 Å². The number of thiazole rings is 1. The molecule has 0 bridgehead atoms. The lowest BCUT2D eigenvalue weighted by Crippen LogP contribution is -2.49. The molecule has 3 amide bonds. The molecular formula is C27H41N9O8S2. The lowest BCUT2D eigenvalue weighted by atomic mass is 10.1. The van der Waals surface area contributed by atoms with Crippen LogP contribution < -0.4 is 38.1 Å². The number of amides is 3. The molecule has 0 saturated carbocycles. The number of carboxylic acids is 1. The fourth-order valence-corrected chi connectivity index (χ4v) is 6.04. The van der Waals surface area contributed by atoms with E-state index in [1.165, 1.54) is 23.1 Å². The second-order valence-electron chi connectivity index (χ2n) is 9.89. The van der Waals surface area contributed by atoms with Crippen molar-refractivity contribution in [2.24, 2.45) is 16.5 Å². The Balaban J connectivity index is 1.49. The largest absolute Gasteiger partial charge is 0.480 e. The third-order valence-electron chi connectivity index (χ3n) is 6.22. The summed E-state index contributed by atoms with van der Waals surface area (Å²) in [6, 6.07) is 3.47. The molecule has 10 N–H and O–H groups in total. The number of hydrogen-bond acceptors (Lipinski definition) is 15. The van der Waals surface area contributed by atoms with Crippen molar-refractivity contribution in [2.75, 3.05) is 71.0 Å². The van der Waals surface area contributed by atoms with Gasteiger partial charge in [0.1, 0.15) is 22.4 Å². The van der Waals surface area contributed by atoms with Gasteiger partial charge in [-0.05, 0) is 37.6 Å². The topological polar surface area (TPSA) is 254 Å². The van der Waals surface area contributed by atoms with Crippen LogP contribution in [0, 0.1) is 0 Å². The van der Waals surface area contributed by atoms with Crippen molar-refractivity contribution in [1.82, 2.24) is 26.3 Å². The van der Waals surface area contributed by atoms with Crippen molar-refractivity contribution in [3.63, 3.8) is 0 Å². The molecule has 2 atom stereocenters. The molecule has 0 fully saturated rings. The van der Waals surface area contributed by atoms with Crippen LogP contribution in [0.2, 0.25) is 0 Å². The molecule has 0 spiro atoms. The van der Waals surface area contributed by atoms with Crippen molar-refractivity contribution >= 4 is 67.7 Å². The van der Waals surface area contributed by atoms with E-state index in [1.54, 1.807) is 25.3 Å². The summed E-state index contributed by atoms with van der Waals surface area (Å²) in [5.41, 5.74) is 12.2. The fraction of sp³-hybridized carbons (Fsp3) is 0.556. The molecule has 0 saturated heterocycles. The molecule has 17 nitrogen and oxygen atoms in total. The summed E-state index contributed by atoms with van der Waals surface area (Å²) in [5.74, 6) is -2.04. The molecule has 0 radical (unpaired) electrons. The average molecular weight is 684 g/mol. The van der Waals surface area contributed by atoms with Crippen LogP contribution >= 0.6 is 23.1 Å². The number of nitrogens with two attached hydrogens (primary N) is 2. The summed E-state index contributed by atoms with van der Waals surface area (Å²) in [6.07, 6.45) is 0.0317. The summed E-state index contributed by atoms with van der Waals surface area (Å²) in [7, 11) is 1.59. The van der Waals surface area contributed by atoms with Crippen LogP contribution in [0.3, 0.4) is 0 Å². The smallest absolute Gasteiger partial charge is 0.329 e. The first kappa shape index (κ1) is 37.2. The predicted molar refractivity (Wildman–Crippen MR) is 175 cm³/mol. The van der Waals surface area contributed by atoms with Crippen LogP contribution in [0.1, 0.15) is 17.8 Å². The van der Waals surface area contributed by atoms with Gasteiger partial charge >= 0.3 is 5.97 Å². The lowest BCUT2D eigenvalue weighted by molar-refractivity contribution is -0.137. The highest BCUT2D eigenvalue weighted by Crippen LogP contribution is 2.31. The van der Waals surface area contributed by atoms with Crippen LogP contribution in [-0.2, 0) is 33.4 Å². The van der Waals surface area contributed by atoms with Gasteiger partial charge in [0.15, 0.2) is 6.04 Å². The average Bonchev–Trinajstić information content (AvgIpc) is 3.68. The number of rotatable bonds is 22. The van der Waals surface area contributed by atoms with Gasteiger partial charge in [-0.1, -0.05) is 0 Å². The molecule has 46 heavy (non-hydrogen) atoms. The van der Waals surface area contributed by atoms with E-state index in [1.807, 2.05) is 0 Å². The maximum Gasteiger partial charge on any atom is 0.329 e. The zero-order valence-electron chi connectivity index (χ0n) is 25.4. The number of fused-ring (bicyclic) bond motifs is 1. The van der Waals surface area contributed by atoms with Crippen molar-refractivity contribution in [3.8, 4) is 0 Å². The van der Waals surface area contributed by atoms with Gasteiger partial charge in [-0.2, -0.15) is 0 Å². The number of nitrogens with zero attached hydrogens (tertiary/aromatic N) is 2. The number of carbonyl (C=O) groups is 4. The molecule has 254 valence electrons. The van der Waals surface area contributed by atoms with Gasteiger partial charge in [0.05, 0.1) is 56.5 Å². The number of ether oxygens (including phenoxy) is 3. The van der Waals surface area contributed by atoms with Gasteiger partial charge in [0.2, 0.25) is 17.7 Å². The number of methoxy groups -OCH3 is 1. The number of nitrogens with one attached hydrogen (secondary N) is 5. The second kappa shape index (κ2) is 20.1. The molecule has 1 aliphatic rings. The van der Waals surface area contributed by atoms with E-state index < -0.39 is 42.1 Å². The fourth-order valence-electron chi connectivity index (χ4n) is 3.94. The van der Waals surface area contributed by atoms with E-state index in [0.29, 0.717) is 66.4 Å². The van der Waals surface area contributed by atoms with Gasteiger partial charge in [0.25, 0.3) is 0 Å². The summed E-state index contributed by atoms with van der Waals surface area (Å²) in [4.78, 5) is 58.1. The number of aliphatic carboxylic acids is 1. The monoisotopic (exact) mass is 683 g/mol. The lowest BCUT2D eigenvalue weighted by Gasteiger charge is -2.19. The van der Waals surface area contributed by atoms with Gasteiger partial charge in [-0.25, -0.2) is 9.78 Å². The molecule has 1 aliphatic heterocycles. The van der Waals surface area contributed by atoms with Crippen LogP contribution in [0.15, 0.2) is 23.2 Å². The predicted octanol–water partition coefficient (Wildman–Crippen LogP) is -1.42. The summed E-state index contributed by atoms with van der Waals surface area (Å²) < 4.78 is 16.2. The number of carbonyl (C=O) groups excluding carboxylic acids is 3. The minimum Gasteiger partial charge on any atom is -0.480 e. The molecule has 0 unspecified atom stereocenters. The molecule has 0 aliphatic carbocycles.